The number of hydrogen-bond acceptors (Lipinski definition) is 4. The van der Waals surface area contributed by atoms with E-state index in [2.05, 4.69) is 58.7 Å². The van der Waals surface area contributed by atoms with Crippen molar-refractivity contribution < 1.29 is 10.2 Å². The highest BCUT2D eigenvalue weighted by Gasteiger charge is 1.96. The Kier molecular flexibility index (Phi) is 12.4. The Morgan fingerprint density at radius 1 is 0.500 bits per heavy atom. The molecule has 2 rings (SSSR count). The smallest absolute Gasteiger partial charge is 0.0568 e. The van der Waals surface area contributed by atoms with Gasteiger partial charge in [0.25, 0.3) is 0 Å². The minimum Gasteiger partial charge on any atom is -0.396 e. The first-order chi connectivity index (χ1) is 14.8. The maximum atomic E-state index is 8.80. The fraction of sp³-hybridized carbons (Fsp3) is 0.462. The van der Waals surface area contributed by atoms with Crippen LogP contribution in [0.25, 0.3) is 0 Å². The fourth-order valence-corrected chi connectivity index (χ4v) is 3.33. The van der Waals surface area contributed by atoms with Crippen LogP contribution in [-0.2, 0) is 12.8 Å². The summed E-state index contributed by atoms with van der Waals surface area (Å²) in [5.74, 6) is 0. The van der Waals surface area contributed by atoms with E-state index in [0.717, 1.165) is 49.7 Å². The Morgan fingerprint density at radius 3 is 1.23 bits per heavy atom. The van der Waals surface area contributed by atoms with Gasteiger partial charge in [0.15, 0.2) is 0 Å². The molecule has 0 saturated carbocycles. The molecule has 0 unspecified atom stereocenters. The first-order valence-electron chi connectivity index (χ1n) is 11.3. The van der Waals surface area contributed by atoms with E-state index in [4.69, 9.17) is 10.2 Å². The molecule has 2 N–H and O–H groups in total. The molecule has 0 aliphatic carbocycles. The van der Waals surface area contributed by atoms with E-state index in [1.54, 1.807) is 12.4 Å². The largest absolute Gasteiger partial charge is 0.396 e. The lowest BCUT2D eigenvalue weighted by molar-refractivity contribution is 0.282. The normalized spacial score (nSPS) is 11.7. The molecule has 0 aromatic heterocycles. The molecule has 4 nitrogen and oxygen atoms in total. The van der Waals surface area contributed by atoms with Gasteiger partial charge < -0.3 is 10.2 Å². The molecule has 0 bridgehead atoms. The number of nitrogens with zero attached hydrogens (tertiary/aromatic N) is 2. The molecule has 0 atom stereocenters. The Morgan fingerprint density at radius 2 is 0.867 bits per heavy atom. The van der Waals surface area contributed by atoms with Gasteiger partial charge in [0.1, 0.15) is 0 Å². The second-order valence-electron chi connectivity index (χ2n) is 7.75. The van der Waals surface area contributed by atoms with Crippen LogP contribution in [0.3, 0.4) is 0 Å². The molecule has 0 aliphatic rings. The number of benzene rings is 2. The zero-order chi connectivity index (χ0) is 21.3. The van der Waals surface area contributed by atoms with Crippen molar-refractivity contribution in [3.05, 3.63) is 70.8 Å². The van der Waals surface area contributed by atoms with Crippen molar-refractivity contribution >= 4 is 12.4 Å². The second-order valence-corrected chi connectivity index (χ2v) is 7.75. The zero-order valence-electron chi connectivity index (χ0n) is 18.0. The molecule has 0 radical (unpaired) electrons. The maximum Gasteiger partial charge on any atom is 0.0568 e. The third-order valence-electron chi connectivity index (χ3n) is 5.19. The molecular weight excluding hydrogens is 372 g/mol. The third-order valence-corrected chi connectivity index (χ3v) is 5.19. The summed E-state index contributed by atoms with van der Waals surface area (Å²) in [7, 11) is 0. The minimum absolute atomic E-state index is 0.300. The summed E-state index contributed by atoms with van der Waals surface area (Å²) in [6.45, 7) is 0.600. The molecule has 0 amide bonds. The van der Waals surface area contributed by atoms with Gasteiger partial charge in [-0.15, -0.1) is 0 Å². The standard InChI is InChI=1S/C26H36N2O2/c29-19-7-3-1-5-9-23-11-15-25(16-12-23)21-27-28-22-26-17-13-24(14-18-26)10-6-2-4-8-20-30/h11-18,21-22,29-30H,1-10,19-20H2/b27-21+,28-22+. The highest BCUT2D eigenvalue weighted by Crippen LogP contribution is 2.10. The van der Waals surface area contributed by atoms with Crippen LogP contribution < -0.4 is 0 Å². The van der Waals surface area contributed by atoms with Crippen molar-refractivity contribution in [2.45, 2.75) is 64.2 Å². The topological polar surface area (TPSA) is 65.2 Å². The van der Waals surface area contributed by atoms with Crippen LogP contribution >= 0.6 is 0 Å². The van der Waals surface area contributed by atoms with Crippen LogP contribution in [0.1, 0.15) is 73.6 Å². The molecule has 2 aromatic rings. The average Bonchev–Trinajstić information content (AvgIpc) is 2.78. The molecule has 0 aliphatic heterocycles. The lowest BCUT2D eigenvalue weighted by Gasteiger charge is -2.02. The first kappa shape index (κ1) is 24.0. The van der Waals surface area contributed by atoms with Gasteiger partial charge in [-0.2, -0.15) is 10.2 Å². The predicted octanol–water partition coefficient (Wildman–Crippen LogP) is 5.33. The summed E-state index contributed by atoms with van der Waals surface area (Å²) in [4.78, 5) is 0. The van der Waals surface area contributed by atoms with Crippen LogP contribution in [-0.4, -0.2) is 35.9 Å². The molecule has 0 spiro atoms. The van der Waals surface area contributed by atoms with E-state index in [1.807, 2.05) is 0 Å². The van der Waals surface area contributed by atoms with Gasteiger partial charge >= 0.3 is 0 Å². The van der Waals surface area contributed by atoms with E-state index in [0.29, 0.717) is 13.2 Å². The lowest BCUT2D eigenvalue weighted by atomic mass is 10.0. The number of unbranched alkanes of at least 4 members (excludes halogenated alkanes) is 6. The SMILES string of the molecule is OCCCCCCc1ccc(/C=N/N=C/c2ccc(CCCCCCO)cc2)cc1. The maximum absolute atomic E-state index is 8.80. The van der Waals surface area contributed by atoms with Crippen LogP contribution in [0.15, 0.2) is 58.7 Å². The summed E-state index contributed by atoms with van der Waals surface area (Å²) < 4.78 is 0. The molecule has 0 heterocycles. The molecule has 0 saturated heterocycles. The van der Waals surface area contributed by atoms with Crippen LogP contribution in [0.5, 0.6) is 0 Å². The highest BCUT2D eigenvalue weighted by molar-refractivity contribution is 5.82. The number of hydrogen-bond donors (Lipinski definition) is 2. The second kappa shape index (κ2) is 15.5. The summed E-state index contributed by atoms with van der Waals surface area (Å²) in [5.41, 5.74) is 4.78. The van der Waals surface area contributed by atoms with Gasteiger partial charge in [-0.05, 0) is 60.8 Å². The zero-order valence-corrected chi connectivity index (χ0v) is 18.0. The Labute approximate surface area is 181 Å². The van der Waals surface area contributed by atoms with Gasteiger partial charge in [-0.1, -0.05) is 74.2 Å². The van der Waals surface area contributed by atoms with Crippen molar-refractivity contribution in [1.82, 2.24) is 0 Å². The molecule has 0 fully saturated rings. The molecular formula is C26H36N2O2. The van der Waals surface area contributed by atoms with Gasteiger partial charge in [0, 0.05) is 13.2 Å². The van der Waals surface area contributed by atoms with Gasteiger partial charge in [-0.25, -0.2) is 0 Å². The highest BCUT2D eigenvalue weighted by atomic mass is 16.3. The predicted molar refractivity (Wildman–Crippen MR) is 127 cm³/mol. The van der Waals surface area contributed by atoms with Crippen molar-refractivity contribution in [2.75, 3.05) is 13.2 Å². The summed E-state index contributed by atoms with van der Waals surface area (Å²) in [6.07, 6.45) is 14.4. The van der Waals surface area contributed by atoms with Crippen molar-refractivity contribution in [2.24, 2.45) is 10.2 Å². The molecule has 4 heteroatoms. The minimum atomic E-state index is 0.300. The number of rotatable bonds is 15. The van der Waals surface area contributed by atoms with Crippen LogP contribution in [0.4, 0.5) is 0 Å². The average molecular weight is 409 g/mol. The monoisotopic (exact) mass is 408 g/mol. The summed E-state index contributed by atoms with van der Waals surface area (Å²) in [6, 6.07) is 16.9. The van der Waals surface area contributed by atoms with Crippen molar-refractivity contribution in [3.8, 4) is 0 Å². The molecule has 2 aromatic carbocycles. The Hall–Kier alpha value is -2.30. The van der Waals surface area contributed by atoms with Crippen molar-refractivity contribution in [1.29, 1.82) is 0 Å². The lowest BCUT2D eigenvalue weighted by Crippen LogP contribution is -1.89. The summed E-state index contributed by atoms with van der Waals surface area (Å²) in [5, 5.41) is 25.9. The van der Waals surface area contributed by atoms with Gasteiger partial charge in [-0.3, -0.25) is 0 Å². The quantitative estimate of drug-likeness (QED) is 0.238. The van der Waals surface area contributed by atoms with Gasteiger partial charge in [0.05, 0.1) is 12.4 Å². The number of aliphatic hydroxyl groups excluding tert-OH is 2. The fourth-order valence-electron chi connectivity index (χ4n) is 3.33. The van der Waals surface area contributed by atoms with E-state index in [9.17, 15) is 0 Å². The van der Waals surface area contributed by atoms with E-state index >= 15 is 0 Å². The van der Waals surface area contributed by atoms with Gasteiger partial charge in [0.2, 0.25) is 0 Å². The number of aliphatic hydroxyl groups is 2. The Bertz CT molecular complexity index is 671. The van der Waals surface area contributed by atoms with Crippen LogP contribution in [0, 0.1) is 0 Å². The van der Waals surface area contributed by atoms with Crippen molar-refractivity contribution in [3.63, 3.8) is 0 Å². The molecule has 162 valence electrons. The van der Waals surface area contributed by atoms with E-state index in [1.165, 1.54) is 36.8 Å². The molecule has 30 heavy (non-hydrogen) atoms. The van der Waals surface area contributed by atoms with Crippen LogP contribution in [0.2, 0.25) is 0 Å². The number of aryl methyl sites for hydroxylation is 2. The summed E-state index contributed by atoms with van der Waals surface area (Å²) >= 11 is 0. The first-order valence-corrected chi connectivity index (χ1v) is 11.3. The third kappa shape index (κ3) is 10.5. The van der Waals surface area contributed by atoms with E-state index in [-0.39, 0.29) is 0 Å². The Balaban J connectivity index is 1.70. The van der Waals surface area contributed by atoms with E-state index < -0.39 is 0 Å².